The summed E-state index contributed by atoms with van der Waals surface area (Å²) in [6, 6.07) is 9.26. The van der Waals surface area contributed by atoms with Crippen LogP contribution in [0.2, 0.25) is 0 Å². The highest BCUT2D eigenvalue weighted by Crippen LogP contribution is 2.19. The van der Waals surface area contributed by atoms with Crippen LogP contribution in [0.25, 0.3) is 0 Å². The lowest BCUT2D eigenvalue weighted by Crippen LogP contribution is -2.07. The molecule has 1 aromatic carbocycles. The molecular weight excluding hydrogens is 244 g/mol. The van der Waals surface area contributed by atoms with Gasteiger partial charge in [0, 0.05) is 16.7 Å². The Bertz CT molecular complexity index is 579. The first-order valence-corrected chi connectivity index (χ1v) is 6.75. The summed E-state index contributed by atoms with van der Waals surface area (Å²) in [6.07, 6.45) is 3.65. The molecule has 0 atom stereocenters. The zero-order valence-electron chi connectivity index (χ0n) is 10.3. The number of benzene rings is 1. The van der Waals surface area contributed by atoms with Crippen molar-refractivity contribution in [1.29, 1.82) is 0 Å². The summed E-state index contributed by atoms with van der Waals surface area (Å²) < 4.78 is 0. The molecule has 18 heavy (non-hydrogen) atoms. The number of anilines is 1. The van der Waals surface area contributed by atoms with E-state index in [4.69, 9.17) is 5.73 Å². The van der Waals surface area contributed by atoms with Crippen LogP contribution in [0, 0.1) is 6.92 Å². The molecule has 2 rings (SSSR count). The zero-order chi connectivity index (χ0) is 13.1. The number of aromatic nitrogens is 1. The lowest BCUT2D eigenvalue weighted by atomic mass is 10.0. The van der Waals surface area contributed by atoms with Crippen molar-refractivity contribution < 1.29 is 4.79 Å². The van der Waals surface area contributed by atoms with E-state index in [-0.39, 0.29) is 11.6 Å². The van der Waals surface area contributed by atoms with Crippen molar-refractivity contribution in [1.82, 2.24) is 4.98 Å². The summed E-state index contributed by atoms with van der Waals surface area (Å²) in [5.74, 6) is 0.191. The summed E-state index contributed by atoms with van der Waals surface area (Å²) in [6.45, 7) is 1.89. The number of carbonyl (C=O) groups is 1. The summed E-state index contributed by atoms with van der Waals surface area (Å²) in [5, 5.41) is 0. The third-order valence-electron chi connectivity index (χ3n) is 2.65. The molecule has 0 aliphatic heterocycles. The Kier molecular flexibility index (Phi) is 3.67. The fourth-order valence-corrected chi connectivity index (χ4v) is 2.07. The van der Waals surface area contributed by atoms with Gasteiger partial charge in [0.15, 0.2) is 5.78 Å². The molecular formula is C14H14N2OS. The maximum absolute atomic E-state index is 12.3. The van der Waals surface area contributed by atoms with Crippen LogP contribution >= 0.6 is 11.8 Å². The minimum absolute atomic E-state index is 0.0867. The second kappa shape index (κ2) is 5.23. The number of nitrogen functional groups attached to an aromatic ring is 1. The number of hydrogen-bond donors (Lipinski definition) is 1. The Morgan fingerprint density at radius 2 is 1.94 bits per heavy atom. The largest absolute Gasteiger partial charge is 0.383 e. The molecule has 0 radical (unpaired) electrons. The topological polar surface area (TPSA) is 56.0 Å². The molecule has 0 amide bonds. The minimum atomic E-state index is -0.0867. The lowest BCUT2D eigenvalue weighted by Gasteiger charge is -2.05. The van der Waals surface area contributed by atoms with E-state index in [1.54, 1.807) is 24.0 Å². The van der Waals surface area contributed by atoms with E-state index >= 15 is 0 Å². The van der Waals surface area contributed by atoms with Gasteiger partial charge in [-0.1, -0.05) is 0 Å². The molecule has 1 aromatic heterocycles. The summed E-state index contributed by atoms with van der Waals surface area (Å²) in [7, 11) is 0. The molecule has 0 unspecified atom stereocenters. The van der Waals surface area contributed by atoms with Gasteiger partial charge in [0.2, 0.25) is 0 Å². The highest BCUT2D eigenvalue weighted by atomic mass is 32.2. The van der Waals surface area contributed by atoms with Gasteiger partial charge in [-0.3, -0.25) is 4.79 Å². The van der Waals surface area contributed by atoms with Gasteiger partial charge in [0.05, 0.1) is 5.56 Å². The maximum Gasteiger partial charge on any atom is 0.196 e. The van der Waals surface area contributed by atoms with E-state index in [0.29, 0.717) is 11.1 Å². The van der Waals surface area contributed by atoms with Crippen LogP contribution in [0.1, 0.15) is 21.5 Å². The highest BCUT2D eigenvalue weighted by Gasteiger charge is 2.13. The van der Waals surface area contributed by atoms with Crippen molar-refractivity contribution in [3.05, 3.63) is 53.2 Å². The van der Waals surface area contributed by atoms with Crippen molar-refractivity contribution in [2.75, 3.05) is 12.0 Å². The average Bonchev–Trinajstić information content (AvgIpc) is 2.41. The summed E-state index contributed by atoms with van der Waals surface area (Å²) in [5.41, 5.74) is 7.77. The quantitative estimate of drug-likeness (QED) is 0.679. The van der Waals surface area contributed by atoms with Crippen LogP contribution < -0.4 is 5.73 Å². The molecule has 0 aliphatic rings. The molecule has 0 spiro atoms. The first-order valence-electron chi connectivity index (χ1n) is 5.52. The number of thioether (sulfide) groups is 1. The fraction of sp³-hybridized carbons (Fsp3) is 0.143. The van der Waals surface area contributed by atoms with Crippen molar-refractivity contribution in [3.63, 3.8) is 0 Å². The van der Waals surface area contributed by atoms with Gasteiger partial charge >= 0.3 is 0 Å². The van der Waals surface area contributed by atoms with Crippen molar-refractivity contribution in [3.8, 4) is 0 Å². The van der Waals surface area contributed by atoms with E-state index in [2.05, 4.69) is 4.98 Å². The van der Waals surface area contributed by atoms with Crippen LogP contribution in [0.4, 0.5) is 5.82 Å². The predicted molar refractivity (Wildman–Crippen MR) is 75.0 cm³/mol. The Balaban J connectivity index is 2.38. The maximum atomic E-state index is 12.3. The third-order valence-corrected chi connectivity index (χ3v) is 3.40. The highest BCUT2D eigenvalue weighted by molar-refractivity contribution is 7.98. The molecule has 0 saturated carbocycles. The number of nitrogens with two attached hydrogens (primary N) is 1. The minimum Gasteiger partial charge on any atom is -0.383 e. The molecule has 0 bridgehead atoms. The number of carbonyl (C=O) groups excluding carboxylic acids is 1. The van der Waals surface area contributed by atoms with E-state index in [1.807, 2.05) is 37.4 Å². The van der Waals surface area contributed by atoms with E-state index in [0.717, 1.165) is 10.5 Å². The van der Waals surface area contributed by atoms with Crippen LogP contribution in [0.15, 0.2) is 41.4 Å². The number of pyridine rings is 1. The molecule has 3 nitrogen and oxygen atoms in total. The third kappa shape index (κ3) is 2.54. The van der Waals surface area contributed by atoms with E-state index in [9.17, 15) is 4.79 Å². The second-order valence-corrected chi connectivity index (χ2v) is 4.88. The van der Waals surface area contributed by atoms with Gasteiger partial charge < -0.3 is 5.73 Å². The summed E-state index contributed by atoms with van der Waals surface area (Å²) >= 11 is 1.64. The molecule has 0 fully saturated rings. The fourth-order valence-electron chi connectivity index (χ4n) is 1.66. The van der Waals surface area contributed by atoms with Gasteiger partial charge in [-0.2, -0.15) is 0 Å². The monoisotopic (exact) mass is 258 g/mol. The van der Waals surface area contributed by atoms with Crippen molar-refractivity contribution in [2.45, 2.75) is 11.8 Å². The number of aryl methyl sites for hydroxylation is 1. The molecule has 2 aromatic rings. The number of ketones is 1. The molecule has 2 N–H and O–H groups in total. The van der Waals surface area contributed by atoms with Gasteiger partial charge in [-0.05, 0) is 49.1 Å². The van der Waals surface area contributed by atoms with Crippen LogP contribution in [0.5, 0.6) is 0 Å². The van der Waals surface area contributed by atoms with Gasteiger partial charge in [0.25, 0.3) is 0 Å². The van der Waals surface area contributed by atoms with Crippen LogP contribution in [-0.2, 0) is 0 Å². The average molecular weight is 258 g/mol. The molecule has 0 saturated heterocycles. The number of rotatable bonds is 3. The van der Waals surface area contributed by atoms with Gasteiger partial charge in [-0.25, -0.2) is 4.98 Å². The van der Waals surface area contributed by atoms with Crippen LogP contribution in [-0.4, -0.2) is 17.0 Å². The van der Waals surface area contributed by atoms with E-state index < -0.39 is 0 Å². The predicted octanol–water partition coefficient (Wildman–Crippen LogP) is 2.93. The first-order chi connectivity index (χ1) is 8.61. The normalized spacial score (nSPS) is 10.3. The van der Waals surface area contributed by atoms with Crippen LogP contribution in [0.3, 0.4) is 0 Å². The molecule has 4 heteroatoms. The number of hydrogen-bond acceptors (Lipinski definition) is 4. The van der Waals surface area contributed by atoms with Crippen molar-refractivity contribution in [2.24, 2.45) is 0 Å². The molecule has 92 valence electrons. The SMILES string of the molecule is CSc1ccc(C(=O)c2cc(C)cnc2N)cc1. The number of nitrogens with zero attached hydrogens (tertiary/aromatic N) is 1. The smallest absolute Gasteiger partial charge is 0.196 e. The second-order valence-electron chi connectivity index (χ2n) is 4.00. The van der Waals surface area contributed by atoms with Gasteiger partial charge in [0.1, 0.15) is 5.82 Å². The molecule has 0 aliphatic carbocycles. The Morgan fingerprint density at radius 3 is 2.56 bits per heavy atom. The van der Waals surface area contributed by atoms with Gasteiger partial charge in [-0.15, -0.1) is 11.8 Å². The lowest BCUT2D eigenvalue weighted by molar-refractivity contribution is 0.103. The molecule has 1 heterocycles. The zero-order valence-corrected chi connectivity index (χ0v) is 11.1. The summed E-state index contributed by atoms with van der Waals surface area (Å²) in [4.78, 5) is 17.4. The Hall–Kier alpha value is -1.81. The van der Waals surface area contributed by atoms with E-state index in [1.165, 1.54) is 0 Å². The Labute approximate surface area is 110 Å². The Morgan fingerprint density at radius 1 is 1.28 bits per heavy atom. The van der Waals surface area contributed by atoms with Crippen molar-refractivity contribution >= 4 is 23.4 Å². The standard InChI is InChI=1S/C14H14N2OS/c1-9-7-12(14(15)16-8-9)13(17)10-3-5-11(18-2)6-4-10/h3-8H,1-2H3,(H2,15,16). The first kappa shape index (κ1) is 12.6.